The van der Waals surface area contributed by atoms with Crippen LogP contribution < -0.4 is 11.1 Å². The second-order valence-corrected chi connectivity index (χ2v) is 3.14. The summed E-state index contributed by atoms with van der Waals surface area (Å²) in [5, 5.41) is 7.09. The van der Waals surface area contributed by atoms with Crippen molar-refractivity contribution in [3.8, 4) is 0 Å². The van der Waals surface area contributed by atoms with Crippen molar-refractivity contribution in [2.45, 2.75) is 25.9 Å². The zero-order valence-electron chi connectivity index (χ0n) is 8.31. The minimum absolute atomic E-state index is 0.338. The molecule has 5 heteroatoms. The molecular weight excluding hydrogens is 180 g/mol. The number of rotatable bonds is 6. The number of primary amides is 1. The van der Waals surface area contributed by atoms with E-state index in [1.54, 1.807) is 10.9 Å². The molecule has 1 amide bonds. The minimum atomic E-state index is -0.339. The normalized spacial score (nSPS) is 12.6. The molecule has 78 valence electrons. The lowest BCUT2D eigenvalue weighted by atomic mass is 10.2. The first-order valence-corrected chi connectivity index (χ1v) is 4.74. The molecule has 0 aliphatic heterocycles. The third kappa shape index (κ3) is 3.18. The van der Waals surface area contributed by atoms with Crippen LogP contribution in [0.5, 0.6) is 0 Å². The molecule has 0 spiro atoms. The molecule has 0 aliphatic carbocycles. The summed E-state index contributed by atoms with van der Waals surface area (Å²) in [6.45, 7) is 3.32. The summed E-state index contributed by atoms with van der Waals surface area (Å²) < 4.78 is 1.69. The van der Waals surface area contributed by atoms with E-state index in [9.17, 15) is 4.79 Å². The van der Waals surface area contributed by atoms with Gasteiger partial charge < -0.3 is 11.1 Å². The monoisotopic (exact) mass is 196 g/mol. The average molecular weight is 196 g/mol. The number of carbonyl (C=O) groups is 1. The molecule has 3 N–H and O–H groups in total. The van der Waals surface area contributed by atoms with Crippen LogP contribution in [0, 0.1) is 0 Å². The molecule has 1 atom stereocenters. The van der Waals surface area contributed by atoms with Crippen LogP contribution in [0.25, 0.3) is 0 Å². The second kappa shape index (κ2) is 5.39. The molecule has 1 aromatic heterocycles. The van der Waals surface area contributed by atoms with Crippen LogP contribution in [0.1, 0.15) is 13.3 Å². The molecule has 0 saturated heterocycles. The van der Waals surface area contributed by atoms with Crippen LogP contribution in [0.15, 0.2) is 18.5 Å². The first-order chi connectivity index (χ1) is 6.74. The van der Waals surface area contributed by atoms with E-state index in [0.29, 0.717) is 6.54 Å². The fraction of sp³-hybridized carbons (Fsp3) is 0.556. The van der Waals surface area contributed by atoms with Gasteiger partial charge in [-0.05, 0) is 19.0 Å². The Hall–Kier alpha value is -1.36. The first-order valence-electron chi connectivity index (χ1n) is 4.74. The molecule has 1 rings (SSSR count). The van der Waals surface area contributed by atoms with Crippen molar-refractivity contribution in [2.75, 3.05) is 6.54 Å². The molecule has 14 heavy (non-hydrogen) atoms. The largest absolute Gasteiger partial charge is 0.368 e. The lowest BCUT2D eigenvalue weighted by Gasteiger charge is -2.14. The predicted molar refractivity (Wildman–Crippen MR) is 53.5 cm³/mol. The van der Waals surface area contributed by atoms with Crippen molar-refractivity contribution in [3.63, 3.8) is 0 Å². The van der Waals surface area contributed by atoms with Gasteiger partial charge in [0.05, 0.1) is 6.54 Å². The smallest absolute Gasteiger partial charge is 0.236 e. The number of nitrogens with two attached hydrogens (primary N) is 1. The van der Waals surface area contributed by atoms with E-state index in [0.717, 1.165) is 13.0 Å². The van der Waals surface area contributed by atoms with Crippen LogP contribution in [0.4, 0.5) is 0 Å². The Kier molecular flexibility index (Phi) is 4.12. The van der Waals surface area contributed by atoms with E-state index in [1.165, 1.54) is 0 Å². The molecule has 0 fully saturated rings. The standard InChI is InChI=1S/C9H16N4O/c1-2-4-11-8(9(10)14)7-13-6-3-5-12-13/h3,5-6,8,11H,2,4,7H2,1H3,(H2,10,14). The summed E-state index contributed by atoms with van der Waals surface area (Å²) in [6.07, 6.45) is 4.46. The quantitative estimate of drug-likeness (QED) is 0.658. The van der Waals surface area contributed by atoms with Gasteiger partial charge in [0, 0.05) is 12.4 Å². The number of nitrogens with zero attached hydrogens (tertiary/aromatic N) is 2. The Morgan fingerprint density at radius 1 is 1.71 bits per heavy atom. The summed E-state index contributed by atoms with van der Waals surface area (Å²) in [5.74, 6) is -0.339. The van der Waals surface area contributed by atoms with Crippen LogP contribution in [0.2, 0.25) is 0 Å². The Morgan fingerprint density at radius 3 is 3.00 bits per heavy atom. The Bertz CT molecular complexity index is 270. The number of nitrogens with one attached hydrogen (secondary N) is 1. The lowest BCUT2D eigenvalue weighted by molar-refractivity contribution is -0.120. The van der Waals surface area contributed by atoms with E-state index in [2.05, 4.69) is 10.4 Å². The van der Waals surface area contributed by atoms with E-state index in [4.69, 9.17) is 5.73 Å². The number of aromatic nitrogens is 2. The zero-order valence-corrected chi connectivity index (χ0v) is 8.31. The van der Waals surface area contributed by atoms with Gasteiger partial charge >= 0.3 is 0 Å². The van der Waals surface area contributed by atoms with Gasteiger partial charge in [-0.15, -0.1) is 0 Å². The highest BCUT2D eigenvalue weighted by molar-refractivity contribution is 5.79. The Labute approximate surface area is 83.3 Å². The topological polar surface area (TPSA) is 72.9 Å². The molecule has 1 unspecified atom stereocenters. The van der Waals surface area contributed by atoms with Gasteiger partial charge in [-0.3, -0.25) is 9.48 Å². The molecule has 1 aromatic rings. The zero-order chi connectivity index (χ0) is 10.4. The highest BCUT2D eigenvalue weighted by Crippen LogP contribution is 1.91. The summed E-state index contributed by atoms with van der Waals surface area (Å²) >= 11 is 0. The fourth-order valence-electron chi connectivity index (χ4n) is 1.17. The first kappa shape index (κ1) is 10.7. The number of amides is 1. The van der Waals surface area contributed by atoms with Gasteiger partial charge in [0.1, 0.15) is 6.04 Å². The maximum absolute atomic E-state index is 11.1. The highest BCUT2D eigenvalue weighted by Gasteiger charge is 2.14. The number of carbonyl (C=O) groups excluding carboxylic acids is 1. The van der Waals surface area contributed by atoms with Crippen molar-refractivity contribution in [1.29, 1.82) is 0 Å². The molecule has 0 bridgehead atoms. The predicted octanol–water partition coefficient (Wildman–Crippen LogP) is -0.263. The van der Waals surface area contributed by atoms with Crippen LogP contribution in [-0.2, 0) is 11.3 Å². The minimum Gasteiger partial charge on any atom is -0.368 e. The molecule has 0 saturated carbocycles. The van der Waals surface area contributed by atoms with Gasteiger partial charge in [-0.1, -0.05) is 6.92 Å². The van der Waals surface area contributed by atoms with Crippen molar-refractivity contribution in [3.05, 3.63) is 18.5 Å². The fourth-order valence-corrected chi connectivity index (χ4v) is 1.17. The van der Waals surface area contributed by atoms with Crippen molar-refractivity contribution in [2.24, 2.45) is 5.73 Å². The summed E-state index contributed by atoms with van der Waals surface area (Å²) in [7, 11) is 0. The van der Waals surface area contributed by atoms with Crippen molar-refractivity contribution >= 4 is 5.91 Å². The van der Waals surface area contributed by atoms with E-state index >= 15 is 0 Å². The number of hydrogen-bond donors (Lipinski definition) is 2. The molecule has 0 aromatic carbocycles. The lowest BCUT2D eigenvalue weighted by Crippen LogP contribution is -2.44. The molecule has 1 heterocycles. The van der Waals surface area contributed by atoms with Gasteiger partial charge in [0.25, 0.3) is 0 Å². The second-order valence-electron chi connectivity index (χ2n) is 3.14. The molecule has 0 radical (unpaired) electrons. The van der Waals surface area contributed by atoms with Gasteiger partial charge in [0.15, 0.2) is 0 Å². The van der Waals surface area contributed by atoms with Crippen molar-refractivity contribution < 1.29 is 4.79 Å². The van der Waals surface area contributed by atoms with Gasteiger partial charge in [-0.25, -0.2) is 0 Å². The average Bonchev–Trinajstić information content (AvgIpc) is 2.64. The molecular formula is C9H16N4O. The summed E-state index contributed by atoms with van der Waals surface area (Å²) in [6, 6.07) is 1.48. The summed E-state index contributed by atoms with van der Waals surface area (Å²) in [5.41, 5.74) is 5.25. The third-order valence-electron chi connectivity index (χ3n) is 1.91. The van der Waals surface area contributed by atoms with Crippen LogP contribution in [0.3, 0.4) is 0 Å². The van der Waals surface area contributed by atoms with Crippen molar-refractivity contribution in [1.82, 2.24) is 15.1 Å². The van der Waals surface area contributed by atoms with Crippen LogP contribution >= 0.6 is 0 Å². The third-order valence-corrected chi connectivity index (χ3v) is 1.91. The maximum Gasteiger partial charge on any atom is 0.236 e. The van der Waals surface area contributed by atoms with E-state index in [-0.39, 0.29) is 11.9 Å². The SMILES string of the molecule is CCCNC(Cn1cccn1)C(N)=O. The van der Waals surface area contributed by atoms with Gasteiger partial charge in [0.2, 0.25) is 5.91 Å². The Balaban J connectivity index is 2.47. The van der Waals surface area contributed by atoms with E-state index in [1.807, 2.05) is 19.2 Å². The molecule has 0 aliphatic rings. The van der Waals surface area contributed by atoms with Crippen LogP contribution in [-0.4, -0.2) is 28.3 Å². The number of hydrogen-bond acceptors (Lipinski definition) is 3. The highest BCUT2D eigenvalue weighted by atomic mass is 16.1. The van der Waals surface area contributed by atoms with E-state index < -0.39 is 0 Å². The Morgan fingerprint density at radius 2 is 2.50 bits per heavy atom. The van der Waals surface area contributed by atoms with Gasteiger partial charge in [-0.2, -0.15) is 5.10 Å². The molecule has 5 nitrogen and oxygen atoms in total. The maximum atomic E-state index is 11.1. The summed E-state index contributed by atoms with van der Waals surface area (Å²) in [4.78, 5) is 11.1.